The highest BCUT2D eigenvalue weighted by Gasteiger charge is 2.10. The SMILES string of the molecule is CCNC(C)c1ccc(Sc2ccccc2OC)cc1Cl. The first-order chi connectivity index (χ1) is 10.2. The lowest BCUT2D eigenvalue weighted by Gasteiger charge is -2.15. The summed E-state index contributed by atoms with van der Waals surface area (Å²) in [5, 5.41) is 4.17. The zero-order valence-corrected chi connectivity index (χ0v) is 14.1. The molecule has 112 valence electrons. The van der Waals surface area contributed by atoms with Gasteiger partial charge in [-0.1, -0.05) is 48.5 Å². The highest BCUT2D eigenvalue weighted by Crippen LogP contribution is 2.37. The van der Waals surface area contributed by atoms with Crippen LogP contribution in [0.5, 0.6) is 5.75 Å². The fourth-order valence-electron chi connectivity index (χ4n) is 2.17. The Labute approximate surface area is 135 Å². The first-order valence-corrected chi connectivity index (χ1v) is 8.18. The van der Waals surface area contributed by atoms with Crippen LogP contribution in [0.2, 0.25) is 5.02 Å². The van der Waals surface area contributed by atoms with Gasteiger partial charge in [-0.2, -0.15) is 0 Å². The Morgan fingerprint density at radius 3 is 2.67 bits per heavy atom. The maximum atomic E-state index is 6.42. The number of para-hydroxylation sites is 1. The third kappa shape index (κ3) is 4.16. The van der Waals surface area contributed by atoms with Crippen molar-refractivity contribution in [1.82, 2.24) is 5.32 Å². The van der Waals surface area contributed by atoms with E-state index in [9.17, 15) is 0 Å². The van der Waals surface area contributed by atoms with Crippen LogP contribution >= 0.6 is 23.4 Å². The Kier molecular flexibility index (Phi) is 5.97. The number of hydrogen-bond acceptors (Lipinski definition) is 3. The second kappa shape index (κ2) is 7.74. The molecule has 0 heterocycles. The Balaban J connectivity index is 2.20. The standard InChI is InChI=1S/C17H20ClNOS/c1-4-19-12(2)14-10-9-13(11-15(14)18)21-17-8-6-5-7-16(17)20-3/h5-12,19H,4H2,1-3H3. The van der Waals surface area contributed by atoms with E-state index >= 15 is 0 Å². The average Bonchev–Trinajstić information content (AvgIpc) is 2.48. The van der Waals surface area contributed by atoms with Gasteiger partial charge in [-0.15, -0.1) is 0 Å². The molecule has 0 fully saturated rings. The van der Waals surface area contributed by atoms with E-state index in [1.807, 2.05) is 30.3 Å². The lowest BCUT2D eigenvalue weighted by atomic mass is 10.1. The molecule has 0 aliphatic carbocycles. The van der Waals surface area contributed by atoms with Crippen molar-refractivity contribution < 1.29 is 4.74 Å². The number of benzene rings is 2. The Morgan fingerprint density at radius 1 is 1.24 bits per heavy atom. The van der Waals surface area contributed by atoms with Crippen molar-refractivity contribution >= 4 is 23.4 Å². The smallest absolute Gasteiger partial charge is 0.132 e. The second-order valence-electron chi connectivity index (χ2n) is 4.72. The molecule has 4 heteroatoms. The normalized spacial score (nSPS) is 12.2. The van der Waals surface area contributed by atoms with Gasteiger partial charge in [0.25, 0.3) is 0 Å². The Morgan fingerprint density at radius 2 is 2.00 bits per heavy atom. The second-order valence-corrected chi connectivity index (χ2v) is 6.24. The van der Waals surface area contributed by atoms with Crippen molar-refractivity contribution in [1.29, 1.82) is 0 Å². The molecule has 0 radical (unpaired) electrons. The molecule has 0 saturated heterocycles. The van der Waals surface area contributed by atoms with Gasteiger partial charge in [-0.05, 0) is 43.3 Å². The van der Waals surface area contributed by atoms with E-state index in [1.54, 1.807) is 18.9 Å². The molecule has 0 aromatic heterocycles. The van der Waals surface area contributed by atoms with Crippen LogP contribution in [0, 0.1) is 0 Å². The number of ether oxygens (including phenoxy) is 1. The first-order valence-electron chi connectivity index (χ1n) is 6.99. The van der Waals surface area contributed by atoms with Gasteiger partial charge < -0.3 is 10.1 Å². The van der Waals surface area contributed by atoms with Crippen LogP contribution in [0.3, 0.4) is 0 Å². The molecule has 1 unspecified atom stereocenters. The molecule has 1 N–H and O–H groups in total. The van der Waals surface area contributed by atoms with Crippen LogP contribution in [0.25, 0.3) is 0 Å². The molecule has 2 aromatic rings. The van der Waals surface area contributed by atoms with E-state index in [0.29, 0.717) is 0 Å². The first kappa shape index (κ1) is 16.2. The van der Waals surface area contributed by atoms with Crippen molar-refractivity contribution in [3.8, 4) is 5.75 Å². The van der Waals surface area contributed by atoms with Crippen molar-refractivity contribution in [2.45, 2.75) is 29.7 Å². The Bertz CT molecular complexity index is 603. The van der Waals surface area contributed by atoms with Gasteiger partial charge in [0.2, 0.25) is 0 Å². The van der Waals surface area contributed by atoms with Crippen molar-refractivity contribution in [3.05, 3.63) is 53.1 Å². The van der Waals surface area contributed by atoms with Gasteiger partial charge >= 0.3 is 0 Å². The molecular formula is C17H20ClNOS. The minimum atomic E-state index is 0.257. The summed E-state index contributed by atoms with van der Waals surface area (Å²) in [6.45, 7) is 5.14. The number of rotatable bonds is 6. The lowest BCUT2D eigenvalue weighted by Crippen LogP contribution is -2.17. The topological polar surface area (TPSA) is 21.3 Å². The summed E-state index contributed by atoms with van der Waals surface area (Å²) < 4.78 is 5.38. The molecule has 0 bridgehead atoms. The zero-order valence-electron chi connectivity index (χ0n) is 12.5. The molecule has 2 aromatic carbocycles. The van der Waals surface area contributed by atoms with Crippen LogP contribution in [0.4, 0.5) is 0 Å². The van der Waals surface area contributed by atoms with E-state index in [-0.39, 0.29) is 6.04 Å². The van der Waals surface area contributed by atoms with Crippen LogP contribution in [0.1, 0.15) is 25.5 Å². The fourth-order valence-corrected chi connectivity index (χ4v) is 3.54. The summed E-state index contributed by atoms with van der Waals surface area (Å²) >= 11 is 8.07. The summed E-state index contributed by atoms with van der Waals surface area (Å²) in [5.41, 5.74) is 1.13. The summed E-state index contributed by atoms with van der Waals surface area (Å²) in [4.78, 5) is 2.19. The quantitative estimate of drug-likeness (QED) is 0.793. The maximum Gasteiger partial charge on any atom is 0.132 e. The van der Waals surface area contributed by atoms with Crippen LogP contribution < -0.4 is 10.1 Å². The van der Waals surface area contributed by atoms with Crippen molar-refractivity contribution in [2.24, 2.45) is 0 Å². The van der Waals surface area contributed by atoms with E-state index in [1.165, 1.54) is 0 Å². The van der Waals surface area contributed by atoms with Crippen LogP contribution in [-0.4, -0.2) is 13.7 Å². The van der Waals surface area contributed by atoms with E-state index in [0.717, 1.165) is 32.7 Å². The van der Waals surface area contributed by atoms with E-state index in [4.69, 9.17) is 16.3 Å². The number of methoxy groups -OCH3 is 1. The predicted molar refractivity (Wildman–Crippen MR) is 90.7 cm³/mol. The molecule has 2 rings (SSSR count). The van der Waals surface area contributed by atoms with E-state index < -0.39 is 0 Å². The molecular weight excluding hydrogens is 302 g/mol. The number of hydrogen-bond donors (Lipinski definition) is 1. The largest absolute Gasteiger partial charge is 0.496 e. The Hall–Kier alpha value is -1.16. The van der Waals surface area contributed by atoms with Gasteiger partial charge in [0.15, 0.2) is 0 Å². The summed E-state index contributed by atoms with van der Waals surface area (Å²) in [5.74, 6) is 0.878. The fraction of sp³-hybridized carbons (Fsp3) is 0.294. The third-order valence-corrected chi connectivity index (χ3v) is 4.62. The lowest BCUT2D eigenvalue weighted by molar-refractivity contribution is 0.405. The van der Waals surface area contributed by atoms with Crippen LogP contribution in [-0.2, 0) is 0 Å². The minimum Gasteiger partial charge on any atom is -0.496 e. The van der Waals surface area contributed by atoms with Crippen molar-refractivity contribution in [2.75, 3.05) is 13.7 Å². The number of halogens is 1. The van der Waals surface area contributed by atoms with Gasteiger partial charge in [0, 0.05) is 16.0 Å². The molecule has 21 heavy (non-hydrogen) atoms. The third-order valence-electron chi connectivity index (χ3n) is 3.25. The van der Waals surface area contributed by atoms with Crippen LogP contribution in [0.15, 0.2) is 52.3 Å². The molecule has 0 saturated carbocycles. The summed E-state index contributed by atoms with van der Waals surface area (Å²) in [6, 6.07) is 14.5. The molecule has 0 aliphatic rings. The number of nitrogens with one attached hydrogen (secondary N) is 1. The summed E-state index contributed by atoms with van der Waals surface area (Å²) in [7, 11) is 1.69. The molecule has 0 amide bonds. The molecule has 0 spiro atoms. The molecule has 0 aliphatic heterocycles. The van der Waals surface area contributed by atoms with Crippen molar-refractivity contribution in [3.63, 3.8) is 0 Å². The van der Waals surface area contributed by atoms with Gasteiger partial charge in [-0.3, -0.25) is 0 Å². The molecule has 1 atom stereocenters. The predicted octanol–water partition coefficient (Wildman–Crippen LogP) is 5.17. The summed E-state index contributed by atoms with van der Waals surface area (Å²) in [6.07, 6.45) is 0. The van der Waals surface area contributed by atoms with Gasteiger partial charge in [0.1, 0.15) is 5.75 Å². The zero-order chi connectivity index (χ0) is 15.2. The van der Waals surface area contributed by atoms with Gasteiger partial charge in [0.05, 0.1) is 12.0 Å². The maximum absolute atomic E-state index is 6.42. The highest BCUT2D eigenvalue weighted by molar-refractivity contribution is 7.99. The highest BCUT2D eigenvalue weighted by atomic mass is 35.5. The minimum absolute atomic E-state index is 0.257. The van der Waals surface area contributed by atoms with E-state index in [2.05, 4.69) is 31.3 Å². The monoisotopic (exact) mass is 321 g/mol. The average molecular weight is 322 g/mol. The van der Waals surface area contributed by atoms with Gasteiger partial charge in [-0.25, -0.2) is 0 Å². The molecule has 2 nitrogen and oxygen atoms in total.